The second-order valence-electron chi connectivity index (χ2n) is 5.57. The second kappa shape index (κ2) is 7.27. The molecule has 1 aromatic carbocycles. The maximum atomic E-state index is 12.2. The van der Waals surface area contributed by atoms with Gasteiger partial charge in [-0.2, -0.15) is 4.31 Å². The van der Waals surface area contributed by atoms with Gasteiger partial charge in [-0.1, -0.05) is 17.7 Å². The van der Waals surface area contributed by atoms with Gasteiger partial charge in [0, 0.05) is 19.6 Å². The smallest absolute Gasteiger partial charge is 0.240 e. The van der Waals surface area contributed by atoms with E-state index in [9.17, 15) is 16.8 Å². The molecule has 1 saturated heterocycles. The summed E-state index contributed by atoms with van der Waals surface area (Å²) in [5.41, 5.74) is 0.952. The lowest BCUT2D eigenvalue weighted by Gasteiger charge is -2.30. The highest BCUT2D eigenvalue weighted by molar-refractivity contribution is 7.90. The Kier molecular flexibility index (Phi) is 5.79. The molecule has 0 aliphatic carbocycles. The van der Waals surface area contributed by atoms with Crippen LogP contribution in [0, 0.1) is 6.92 Å². The number of nitrogens with zero attached hydrogens (tertiary/aromatic N) is 1. The normalized spacial score (nSPS) is 20.5. The van der Waals surface area contributed by atoms with Crippen LogP contribution >= 0.6 is 0 Å². The Labute approximate surface area is 137 Å². The van der Waals surface area contributed by atoms with Crippen LogP contribution in [-0.2, 0) is 24.8 Å². The van der Waals surface area contributed by atoms with E-state index < -0.39 is 20.0 Å². The van der Waals surface area contributed by atoms with E-state index in [0.717, 1.165) is 5.56 Å². The zero-order valence-electron chi connectivity index (χ0n) is 13.2. The molecule has 0 aromatic heterocycles. The van der Waals surface area contributed by atoms with Crippen LogP contribution in [0.25, 0.3) is 0 Å². The molecule has 1 aliphatic rings. The van der Waals surface area contributed by atoms with E-state index in [2.05, 4.69) is 4.72 Å². The zero-order chi connectivity index (χ0) is 17.1. The van der Waals surface area contributed by atoms with Crippen molar-refractivity contribution in [3.8, 4) is 0 Å². The number of morpholine rings is 1. The van der Waals surface area contributed by atoms with Crippen molar-refractivity contribution in [2.75, 3.05) is 32.0 Å². The van der Waals surface area contributed by atoms with Gasteiger partial charge in [0.05, 0.1) is 23.4 Å². The number of sulfonamides is 2. The highest BCUT2D eigenvalue weighted by Crippen LogP contribution is 2.11. The Morgan fingerprint density at radius 3 is 2.48 bits per heavy atom. The average molecular weight is 362 g/mol. The molecule has 0 radical (unpaired) electrons. The number of nitrogens with one attached hydrogen (secondary N) is 1. The lowest BCUT2D eigenvalue weighted by molar-refractivity contribution is 0.0102. The molecule has 23 heavy (non-hydrogen) atoms. The van der Waals surface area contributed by atoms with Gasteiger partial charge >= 0.3 is 0 Å². The maximum Gasteiger partial charge on any atom is 0.240 e. The zero-order valence-corrected chi connectivity index (χ0v) is 14.9. The van der Waals surface area contributed by atoms with Gasteiger partial charge in [-0.15, -0.1) is 0 Å². The van der Waals surface area contributed by atoms with E-state index in [1.165, 1.54) is 16.4 Å². The SMILES string of the molecule is Cc1ccc(S(=O)(=O)NCCS(=O)(=O)N2CCOC(C)C2)cc1. The molecule has 0 amide bonds. The summed E-state index contributed by atoms with van der Waals surface area (Å²) >= 11 is 0. The van der Waals surface area contributed by atoms with Crippen LogP contribution in [0.3, 0.4) is 0 Å². The third kappa shape index (κ3) is 4.98. The fraction of sp³-hybridized carbons (Fsp3) is 0.571. The minimum absolute atomic E-state index is 0.125. The van der Waals surface area contributed by atoms with Crippen molar-refractivity contribution in [3.63, 3.8) is 0 Å². The number of hydrogen-bond acceptors (Lipinski definition) is 5. The molecular weight excluding hydrogens is 340 g/mol. The van der Waals surface area contributed by atoms with Gasteiger partial charge in [-0.25, -0.2) is 21.6 Å². The minimum atomic E-state index is -3.70. The molecule has 130 valence electrons. The minimum Gasteiger partial charge on any atom is -0.376 e. The van der Waals surface area contributed by atoms with E-state index >= 15 is 0 Å². The lowest BCUT2D eigenvalue weighted by atomic mass is 10.2. The first kappa shape index (κ1) is 18.3. The van der Waals surface area contributed by atoms with Gasteiger partial charge in [0.1, 0.15) is 0 Å². The summed E-state index contributed by atoms with van der Waals surface area (Å²) in [6.07, 6.45) is -0.150. The van der Waals surface area contributed by atoms with Crippen molar-refractivity contribution in [1.82, 2.24) is 9.03 Å². The third-order valence-electron chi connectivity index (χ3n) is 3.58. The maximum absolute atomic E-state index is 12.2. The number of rotatable bonds is 6. The van der Waals surface area contributed by atoms with E-state index in [4.69, 9.17) is 4.74 Å². The van der Waals surface area contributed by atoms with Gasteiger partial charge in [0.25, 0.3) is 0 Å². The Bertz CT molecular complexity index is 729. The van der Waals surface area contributed by atoms with E-state index in [-0.39, 0.29) is 23.3 Å². The van der Waals surface area contributed by atoms with E-state index in [0.29, 0.717) is 19.7 Å². The molecule has 7 nitrogen and oxygen atoms in total. The number of aryl methyl sites for hydroxylation is 1. The Hall–Kier alpha value is -1.00. The van der Waals surface area contributed by atoms with Crippen molar-refractivity contribution in [2.24, 2.45) is 0 Å². The predicted molar refractivity (Wildman–Crippen MR) is 87.1 cm³/mol. The quantitative estimate of drug-likeness (QED) is 0.787. The van der Waals surface area contributed by atoms with Gasteiger partial charge < -0.3 is 4.74 Å². The fourth-order valence-corrected chi connectivity index (χ4v) is 4.84. The van der Waals surface area contributed by atoms with Crippen LogP contribution in [0.1, 0.15) is 12.5 Å². The molecule has 1 unspecified atom stereocenters. The first-order chi connectivity index (χ1) is 10.7. The third-order valence-corrected chi connectivity index (χ3v) is 6.90. The molecular formula is C14H22N2O5S2. The van der Waals surface area contributed by atoms with Crippen LogP contribution in [0.4, 0.5) is 0 Å². The highest BCUT2D eigenvalue weighted by Gasteiger charge is 2.27. The molecule has 0 spiro atoms. The van der Waals surface area contributed by atoms with Gasteiger partial charge in [-0.3, -0.25) is 0 Å². The van der Waals surface area contributed by atoms with Crippen LogP contribution < -0.4 is 4.72 Å². The molecule has 1 aromatic rings. The Morgan fingerprint density at radius 1 is 1.22 bits per heavy atom. The first-order valence-corrected chi connectivity index (χ1v) is 10.5. The van der Waals surface area contributed by atoms with Crippen molar-refractivity contribution >= 4 is 20.0 Å². The van der Waals surface area contributed by atoms with Crippen molar-refractivity contribution < 1.29 is 21.6 Å². The van der Waals surface area contributed by atoms with Gasteiger partial charge in [-0.05, 0) is 26.0 Å². The summed E-state index contributed by atoms with van der Waals surface area (Å²) < 4.78 is 57.7. The average Bonchev–Trinajstić information content (AvgIpc) is 2.47. The number of hydrogen-bond donors (Lipinski definition) is 1. The Morgan fingerprint density at radius 2 is 1.87 bits per heavy atom. The molecule has 1 atom stereocenters. The van der Waals surface area contributed by atoms with Crippen LogP contribution in [0.5, 0.6) is 0 Å². The molecule has 0 saturated carbocycles. The summed E-state index contributed by atoms with van der Waals surface area (Å²) in [6.45, 7) is 4.46. The van der Waals surface area contributed by atoms with Crippen LogP contribution in [-0.4, -0.2) is 59.2 Å². The summed E-state index contributed by atoms with van der Waals surface area (Å²) in [7, 11) is -7.20. The largest absolute Gasteiger partial charge is 0.376 e. The molecule has 2 rings (SSSR count). The monoisotopic (exact) mass is 362 g/mol. The second-order valence-corrected chi connectivity index (χ2v) is 9.42. The molecule has 0 bridgehead atoms. The van der Waals surface area contributed by atoms with E-state index in [1.54, 1.807) is 12.1 Å². The van der Waals surface area contributed by atoms with Crippen molar-refractivity contribution in [3.05, 3.63) is 29.8 Å². The lowest BCUT2D eigenvalue weighted by Crippen LogP contribution is -2.46. The van der Waals surface area contributed by atoms with Crippen molar-refractivity contribution in [1.29, 1.82) is 0 Å². The van der Waals surface area contributed by atoms with Gasteiger partial charge in [0.2, 0.25) is 20.0 Å². The topological polar surface area (TPSA) is 92.8 Å². The van der Waals surface area contributed by atoms with Gasteiger partial charge in [0.15, 0.2) is 0 Å². The van der Waals surface area contributed by atoms with Crippen LogP contribution in [0.2, 0.25) is 0 Å². The standard InChI is InChI=1S/C14H22N2O5S2/c1-12-3-5-14(6-4-12)23(19,20)15-7-10-22(17,18)16-8-9-21-13(2)11-16/h3-6,13,15H,7-11H2,1-2H3. The molecule has 9 heteroatoms. The first-order valence-electron chi connectivity index (χ1n) is 7.36. The predicted octanol–water partition coefficient (Wildman–Crippen LogP) is 0.324. The van der Waals surface area contributed by atoms with Crippen molar-refractivity contribution in [2.45, 2.75) is 24.8 Å². The number of benzene rings is 1. The summed E-state index contributed by atoms with van der Waals surface area (Å²) in [5.74, 6) is -0.273. The fourth-order valence-electron chi connectivity index (χ4n) is 2.27. The Balaban J connectivity index is 1.94. The summed E-state index contributed by atoms with van der Waals surface area (Å²) in [5, 5.41) is 0. The summed E-state index contributed by atoms with van der Waals surface area (Å²) in [6, 6.07) is 6.38. The summed E-state index contributed by atoms with van der Waals surface area (Å²) in [4.78, 5) is 0.125. The molecule has 1 heterocycles. The molecule has 1 N–H and O–H groups in total. The highest BCUT2D eigenvalue weighted by atomic mass is 32.2. The molecule has 1 fully saturated rings. The van der Waals surface area contributed by atoms with E-state index in [1.807, 2.05) is 13.8 Å². The number of ether oxygens (including phenoxy) is 1. The molecule has 1 aliphatic heterocycles. The van der Waals surface area contributed by atoms with Crippen LogP contribution in [0.15, 0.2) is 29.2 Å².